The summed E-state index contributed by atoms with van der Waals surface area (Å²) < 4.78 is 7.51. The van der Waals surface area contributed by atoms with Crippen LogP contribution in [0.1, 0.15) is 42.9 Å². The van der Waals surface area contributed by atoms with Gasteiger partial charge in [-0.3, -0.25) is 4.79 Å². The lowest BCUT2D eigenvalue weighted by molar-refractivity contribution is 0.0953. The summed E-state index contributed by atoms with van der Waals surface area (Å²) in [6.07, 6.45) is 2.81. The number of benzene rings is 2. The summed E-state index contributed by atoms with van der Waals surface area (Å²) in [5, 5.41) is 2.99. The summed E-state index contributed by atoms with van der Waals surface area (Å²) >= 11 is 0. The number of aryl methyl sites for hydroxylation is 2. The summed E-state index contributed by atoms with van der Waals surface area (Å²) in [4.78, 5) is 17.1. The van der Waals surface area contributed by atoms with Gasteiger partial charge in [0, 0.05) is 25.1 Å². The molecule has 1 heterocycles. The van der Waals surface area contributed by atoms with Gasteiger partial charge in [0.2, 0.25) is 0 Å². The molecule has 0 atom stereocenters. The molecule has 2 aromatic carbocycles. The van der Waals surface area contributed by atoms with Gasteiger partial charge in [0.1, 0.15) is 11.6 Å². The molecule has 5 heteroatoms. The molecule has 3 aromatic rings. The zero-order chi connectivity index (χ0) is 19.9. The number of aromatic nitrogens is 2. The van der Waals surface area contributed by atoms with Crippen LogP contribution in [0.15, 0.2) is 48.5 Å². The minimum Gasteiger partial charge on any atom is -0.497 e. The molecule has 5 nitrogen and oxygen atoms in total. The van der Waals surface area contributed by atoms with E-state index in [4.69, 9.17) is 9.72 Å². The number of carbonyl (C=O) groups is 1. The summed E-state index contributed by atoms with van der Waals surface area (Å²) in [5.41, 5.74) is 2.85. The van der Waals surface area contributed by atoms with Crippen molar-refractivity contribution >= 4 is 16.9 Å². The van der Waals surface area contributed by atoms with Gasteiger partial charge >= 0.3 is 0 Å². The van der Waals surface area contributed by atoms with Crippen LogP contribution < -0.4 is 10.1 Å². The number of para-hydroxylation sites is 2. The first-order chi connectivity index (χ1) is 13.6. The van der Waals surface area contributed by atoms with E-state index in [0.29, 0.717) is 23.8 Å². The molecular weight excluding hydrogens is 350 g/mol. The lowest BCUT2D eigenvalue weighted by Gasteiger charge is -2.11. The van der Waals surface area contributed by atoms with Crippen LogP contribution in [0, 0.1) is 5.92 Å². The van der Waals surface area contributed by atoms with Gasteiger partial charge < -0.3 is 14.6 Å². The normalized spacial score (nSPS) is 11.1. The van der Waals surface area contributed by atoms with Crippen LogP contribution in [-0.4, -0.2) is 29.1 Å². The largest absolute Gasteiger partial charge is 0.497 e. The quantitative estimate of drug-likeness (QED) is 0.559. The number of nitrogens with zero attached hydrogens (tertiary/aromatic N) is 2. The van der Waals surface area contributed by atoms with Crippen LogP contribution >= 0.6 is 0 Å². The Morgan fingerprint density at radius 1 is 1.18 bits per heavy atom. The molecule has 1 amide bonds. The Hall–Kier alpha value is -2.82. The maximum absolute atomic E-state index is 12.3. The van der Waals surface area contributed by atoms with E-state index in [1.165, 1.54) is 5.52 Å². The van der Waals surface area contributed by atoms with Gasteiger partial charge in [-0.05, 0) is 49.1 Å². The molecule has 3 rings (SSSR count). The summed E-state index contributed by atoms with van der Waals surface area (Å²) in [5.74, 6) is 2.35. The number of imidazole rings is 1. The van der Waals surface area contributed by atoms with Crippen LogP contribution in [0.5, 0.6) is 5.75 Å². The summed E-state index contributed by atoms with van der Waals surface area (Å²) in [7, 11) is 1.60. The second-order valence-corrected chi connectivity index (χ2v) is 7.44. The molecule has 0 bridgehead atoms. The second kappa shape index (κ2) is 9.40. The molecule has 1 aromatic heterocycles. The number of ether oxygens (including phenoxy) is 1. The van der Waals surface area contributed by atoms with Gasteiger partial charge in [-0.25, -0.2) is 4.98 Å². The van der Waals surface area contributed by atoms with Crippen molar-refractivity contribution in [2.24, 2.45) is 5.92 Å². The topological polar surface area (TPSA) is 56.1 Å². The van der Waals surface area contributed by atoms with Gasteiger partial charge in [0.25, 0.3) is 5.91 Å². The van der Waals surface area contributed by atoms with Crippen molar-refractivity contribution in [2.45, 2.75) is 39.7 Å². The Bertz CT molecular complexity index is 930. The lowest BCUT2D eigenvalue weighted by atomic mass is 10.1. The monoisotopic (exact) mass is 379 g/mol. The van der Waals surface area contributed by atoms with E-state index in [1.54, 1.807) is 19.2 Å². The minimum absolute atomic E-state index is 0.0767. The van der Waals surface area contributed by atoms with E-state index in [9.17, 15) is 4.79 Å². The third-order valence-corrected chi connectivity index (χ3v) is 4.86. The summed E-state index contributed by atoms with van der Waals surface area (Å²) in [6.45, 7) is 6.08. The number of carbonyl (C=O) groups excluding carboxylic acids is 1. The standard InChI is InChI=1S/C23H29N3O2/c1-17(2)13-15-26-21-11-5-4-10-20(21)25-22(26)12-7-14-24-23(27)18-8-6-9-19(16-18)28-3/h4-6,8-11,16-17H,7,12-15H2,1-3H3,(H,24,27). The molecule has 0 aliphatic carbocycles. The third-order valence-electron chi connectivity index (χ3n) is 4.86. The Balaban J connectivity index is 1.60. The maximum Gasteiger partial charge on any atom is 0.251 e. The molecular formula is C23H29N3O2. The van der Waals surface area contributed by atoms with E-state index >= 15 is 0 Å². The predicted molar refractivity (Wildman–Crippen MR) is 113 cm³/mol. The molecule has 0 fully saturated rings. The first kappa shape index (κ1) is 19.9. The van der Waals surface area contributed by atoms with E-state index in [0.717, 1.165) is 37.1 Å². The second-order valence-electron chi connectivity index (χ2n) is 7.44. The average Bonchev–Trinajstić information content (AvgIpc) is 3.06. The predicted octanol–water partition coefficient (Wildman–Crippen LogP) is 4.45. The molecule has 0 saturated heterocycles. The maximum atomic E-state index is 12.3. The third kappa shape index (κ3) is 4.91. The molecule has 148 valence electrons. The van der Waals surface area contributed by atoms with Crippen molar-refractivity contribution in [3.63, 3.8) is 0 Å². The van der Waals surface area contributed by atoms with Crippen LogP contribution in [0.4, 0.5) is 0 Å². The van der Waals surface area contributed by atoms with Crippen molar-refractivity contribution in [2.75, 3.05) is 13.7 Å². The van der Waals surface area contributed by atoms with Crippen LogP contribution in [0.25, 0.3) is 11.0 Å². The highest BCUT2D eigenvalue weighted by molar-refractivity contribution is 5.94. The number of hydrogen-bond acceptors (Lipinski definition) is 3. The smallest absolute Gasteiger partial charge is 0.251 e. The number of rotatable bonds is 9. The number of nitrogens with one attached hydrogen (secondary N) is 1. The van der Waals surface area contributed by atoms with Gasteiger partial charge in [-0.1, -0.05) is 32.0 Å². The molecule has 1 N–H and O–H groups in total. The fraction of sp³-hybridized carbons (Fsp3) is 0.391. The average molecular weight is 380 g/mol. The molecule has 0 saturated carbocycles. The van der Waals surface area contributed by atoms with Gasteiger partial charge in [-0.2, -0.15) is 0 Å². The molecule has 28 heavy (non-hydrogen) atoms. The van der Waals surface area contributed by atoms with E-state index < -0.39 is 0 Å². The van der Waals surface area contributed by atoms with Crippen LogP contribution in [-0.2, 0) is 13.0 Å². The Morgan fingerprint density at radius 3 is 2.79 bits per heavy atom. The fourth-order valence-corrected chi connectivity index (χ4v) is 3.27. The van der Waals surface area contributed by atoms with Gasteiger partial charge in [0.05, 0.1) is 18.1 Å². The first-order valence-electron chi connectivity index (χ1n) is 9.95. The molecule has 0 unspecified atom stereocenters. The van der Waals surface area contributed by atoms with Gasteiger partial charge in [-0.15, -0.1) is 0 Å². The van der Waals surface area contributed by atoms with Crippen molar-refractivity contribution < 1.29 is 9.53 Å². The lowest BCUT2D eigenvalue weighted by Crippen LogP contribution is -2.25. The number of amides is 1. The highest BCUT2D eigenvalue weighted by Crippen LogP contribution is 2.19. The zero-order valence-corrected chi connectivity index (χ0v) is 16.9. The first-order valence-corrected chi connectivity index (χ1v) is 9.95. The fourth-order valence-electron chi connectivity index (χ4n) is 3.27. The molecule has 0 aliphatic heterocycles. The Kier molecular flexibility index (Phi) is 6.69. The molecule has 0 spiro atoms. The molecule has 0 radical (unpaired) electrons. The van der Waals surface area contributed by atoms with Crippen molar-refractivity contribution in [1.82, 2.24) is 14.9 Å². The summed E-state index contributed by atoms with van der Waals surface area (Å²) in [6, 6.07) is 15.5. The van der Waals surface area contributed by atoms with Gasteiger partial charge in [0.15, 0.2) is 0 Å². The van der Waals surface area contributed by atoms with E-state index in [2.05, 4.69) is 41.9 Å². The number of methoxy groups -OCH3 is 1. The van der Waals surface area contributed by atoms with Crippen molar-refractivity contribution in [1.29, 1.82) is 0 Å². The minimum atomic E-state index is -0.0767. The molecule has 0 aliphatic rings. The van der Waals surface area contributed by atoms with Crippen LogP contribution in [0.3, 0.4) is 0 Å². The zero-order valence-electron chi connectivity index (χ0n) is 16.9. The Labute approximate surface area is 166 Å². The van der Waals surface area contributed by atoms with Crippen molar-refractivity contribution in [3.05, 3.63) is 59.9 Å². The number of hydrogen-bond donors (Lipinski definition) is 1. The van der Waals surface area contributed by atoms with E-state index in [-0.39, 0.29) is 5.91 Å². The Morgan fingerprint density at radius 2 is 2.00 bits per heavy atom. The van der Waals surface area contributed by atoms with Crippen molar-refractivity contribution in [3.8, 4) is 5.75 Å². The highest BCUT2D eigenvalue weighted by Gasteiger charge is 2.11. The SMILES string of the molecule is COc1cccc(C(=O)NCCCc2nc3ccccc3n2CCC(C)C)c1. The number of fused-ring (bicyclic) bond motifs is 1. The van der Waals surface area contributed by atoms with Crippen LogP contribution in [0.2, 0.25) is 0 Å². The van der Waals surface area contributed by atoms with E-state index in [1.807, 2.05) is 18.2 Å². The highest BCUT2D eigenvalue weighted by atomic mass is 16.5.